The van der Waals surface area contributed by atoms with E-state index in [4.69, 9.17) is 5.73 Å². The maximum atomic E-state index is 10.7. The van der Waals surface area contributed by atoms with Crippen molar-refractivity contribution in [3.63, 3.8) is 0 Å². The number of aromatic nitrogens is 5. The van der Waals surface area contributed by atoms with E-state index in [-0.39, 0.29) is 128 Å². The summed E-state index contributed by atoms with van der Waals surface area (Å²) >= 11 is 0. The van der Waals surface area contributed by atoms with Crippen LogP contribution in [0.25, 0.3) is 11.5 Å². The molecule has 0 saturated carbocycles. The first-order valence-corrected chi connectivity index (χ1v) is 3.22. The number of aryl methyl sites for hydroxylation is 1. The molecule has 2 N–H and O–H groups in total. The topological polar surface area (TPSA) is 99.7 Å². The van der Waals surface area contributed by atoms with Crippen LogP contribution in [0, 0.1) is 6.92 Å². The molecule has 0 saturated heterocycles. The van der Waals surface area contributed by atoms with Crippen LogP contribution in [0.4, 0.5) is 5.95 Å². The largest absolute Gasteiger partial charge is 1.00 e. The molecule has 2 aromatic rings. The summed E-state index contributed by atoms with van der Waals surface area (Å²) in [6, 6.07) is 0. The van der Waals surface area contributed by atoms with Gasteiger partial charge >= 0.3 is 122 Å². The van der Waals surface area contributed by atoms with Gasteiger partial charge in [-0.25, -0.2) is 9.78 Å². The third kappa shape index (κ3) is 3.34. The minimum Gasteiger partial charge on any atom is -0.409 e. The first-order valence-electron chi connectivity index (χ1n) is 3.22. The zero-order valence-corrected chi connectivity index (χ0v) is 18.0. The molecule has 2 rings (SSSR count). The number of hydrogen-bond donors (Lipinski definition) is 1. The van der Waals surface area contributed by atoms with Gasteiger partial charge in [0.05, 0.1) is 5.82 Å². The normalized spacial score (nSPS) is 9.21. The van der Waals surface area contributed by atoms with Crippen LogP contribution in [-0.2, 0) is 0 Å². The molecule has 2 heterocycles. The number of nitrogens with one attached hydrogen (secondary N) is 2. The monoisotopic (exact) mass is 335 g/mol. The summed E-state index contributed by atoms with van der Waals surface area (Å²) in [6.45, 7) is 1.64. The van der Waals surface area contributed by atoms with Crippen molar-refractivity contribution in [2.45, 2.75) is 6.92 Å². The van der Waals surface area contributed by atoms with E-state index in [2.05, 4.69) is 20.1 Å². The third-order valence-corrected chi connectivity index (χ3v) is 1.35. The zero-order valence-electron chi connectivity index (χ0n) is 8.20. The van der Waals surface area contributed by atoms with Gasteiger partial charge in [-0.05, 0) is 6.92 Å². The minimum absolute atomic E-state index is 0. The molecular weight excluding hydrogens is 331 g/mol. The predicted octanol–water partition coefficient (Wildman–Crippen LogP) is -6.19. The second-order valence-electron chi connectivity index (χ2n) is 2.26. The smallest absolute Gasteiger partial charge is 0.409 e. The molecular formula is C5H5N6ORb2+. The SMILES string of the molecule is Cc1nc([NH-])n2[nH]c(=O)nc2n1.[Rb+].[Rb+]. The number of nitrogens with zero attached hydrogens (tertiary/aromatic N) is 4. The van der Waals surface area contributed by atoms with E-state index in [1.54, 1.807) is 6.92 Å². The van der Waals surface area contributed by atoms with Crippen LogP contribution in [0.5, 0.6) is 0 Å². The van der Waals surface area contributed by atoms with Crippen LogP contribution in [0.1, 0.15) is 5.82 Å². The Bertz CT molecular complexity index is 490. The number of fused-ring (bicyclic) bond motifs is 1. The summed E-state index contributed by atoms with van der Waals surface area (Å²) in [5, 5.41) is 2.29. The third-order valence-electron chi connectivity index (χ3n) is 1.35. The van der Waals surface area contributed by atoms with Crippen molar-refractivity contribution in [1.29, 1.82) is 0 Å². The summed E-state index contributed by atoms with van der Waals surface area (Å²) in [7, 11) is 0. The van der Waals surface area contributed by atoms with Gasteiger partial charge in [0.2, 0.25) is 0 Å². The summed E-state index contributed by atoms with van der Waals surface area (Å²) in [5.74, 6) is 0.524. The molecule has 7 nitrogen and oxygen atoms in total. The summed E-state index contributed by atoms with van der Waals surface area (Å²) in [4.78, 5) is 21.8. The van der Waals surface area contributed by atoms with E-state index in [9.17, 15) is 4.79 Å². The Hall–Kier alpha value is 1.69. The fourth-order valence-electron chi connectivity index (χ4n) is 0.907. The molecule has 0 bridgehead atoms. The van der Waals surface area contributed by atoms with E-state index >= 15 is 0 Å². The van der Waals surface area contributed by atoms with Crippen molar-refractivity contribution in [3.8, 4) is 0 Å². The molecule has 0 unspecified atom stereocenters. The second kappa shape index (κ2) is 6.43. The molecule has 0 aromatic carbocycles. The Kier molecular flexibility index (Phi) is 7.21. The van der Waals surface area contributed by atoms with Gasteiger partial charge in [0, 0.05) is 5.95 Å². The number of aromatic amines is 1. The number of rotatable bonds is 0. The molecule has 0 spiro atoms. The fraction of sp³-hybridized carbons (Fsp3) is 0.200. The Morgan fingerprint density at radius 1 is 1.29 bits per heavy atom. The summed E-state index contributed by atoms with van der Waals surface area (Å²) in [6.07, 6.45) is 0. The molecule has 0 radical (unpaired) electrons. The maximum Gasteiger partial charge on any atom is 1.00 e. The van der Waals surface area contributed by atoms with Crippen LogP contribution in [0.2, 0.25) is 0 Å². The van der Waals surface area contributed by atoms with Crippen molar-refractivity contribution in [1.82, 2.24) is 24.6 Å². The van der Waals surface area contributed by atoms with E-state index in [1.165, 1.54) is 0 Å². The van der Waals surface area contributed by atoms with Crippen molar-refractivity contribution in [2.75, 3.05) is 0 Å². The maximum absolute atomic E-state index is 10.7. The summed E-state index contributed by atoms with van der Waals surface area (Å²) < 4.78 is 1.12. The van der Waals surface area contributed by atoms with Crippen LogP contribution >= 0.6 is 0 Å². The molecule has 0 atom stereocenters. The summed E-state index contributed by atoms with van der Waals surface area (Å²) in [5.41, 5.74) is 6.79. The first-order chi connectivity index (χ1) is 5.66. The fourth-order valence-corrected chi connectivity index (χ4v) is 0.907. The Labute approximate surface area is 177 Å². The number of H-pyrrole nitrogens is 1. The molecule has 0 aliphatic heterocycles. The van der Waals surface area contributed by atoms with Gasteiger partial charge in [0.1, 0.15) is 0 Å². The molecule has 0 aliphatic carbocycles. The van der Waals surface area contributed by atoms with Crippen LogP contribution < -0.4 is 122 Å². The Morgan fingerprint density at radius 3 is 2.57 bits per heavy atom. The standard InChI is InChI=1S/C5H6N6O.2Rb/c1-2-7-3(6)11-4(8-2)9-5(12)10-11;;/h1H3,(H3,6,7,8,9,10,12);;/q;2*+1/p-1. The molecule has 2 aromatic heterocycles. The molecule has 9 heteroatoms. The van der Waals surface area contributed by atoms with Gasteiger partial charge in [-0.15, -0.1) is 0 Å². The first kappa shape index (κ1) is 15.7. The Morgan fingerprint density at radius 2 is 1.93 bits per heavy atom. The van der Waals surface area contributed by atoms with Crippen LogP contribution in [-0.4, -0.2) is 24.6 Å². The van der Waals surface area contributed by atoms with Gasteiger partial charge in [-0.3, -0.25) is 9.61 Å². The number of hydrogen-bond acceptors (Lipinski definition) is 4. The van der Waals surface area contributed by atoms with E-state index in [0.29, 0.717) is 5.82 Å². The molecule has 14 heavy (non-hydrogen) atoms. The van der Waals surface area contributed by atoms with Gasteiger partial charge in [-0.1, -0.05) is 0 Å². The zero-order chi connectivity index (χ0) is 8.72. The molecule has 0 amide bonds. The van der Waals surface area contributed by atoms with Crippen molar-refractivity contribution in [2.24, 2.45) is 0 Å². The Balaban J connectivity index is 0.000000845. The van der Waals surface area contributed by atoms with Gasteiger partial charge in [0.15, 0.2) is 5.78 Å². The minimum atomic E-state index is -0.525. The molecule has 62 valence electrons. The van der Waals surface area contributed by atoms with Crippen LogP contribution in [0.15, 0.2) is 4.79 Å². The van der Waals surface area contributed by atoms with E-state index < -0.39 is 5.69 Å². The molecule has 0 aliphatic rings. The predicted molar refractivity (Wildman–Crippen MR) is 40.1 cm³/mol. The average molecular weight is 336 g/mol. The second-order valence-corrected chi connectivity index (χ2v) is 2.26. The van der Waals surface area contributed by atoms with Gasteiger partial charge < -0.3 is 10.7 Å². The van der Waals surface area contributed by atoms with Crippen LogP contribution in [0.3, 0.4) is 0 Å². The van der Waals surface area contributed by atoms with Crippen molar-refractivity contribution >= 4 is 11.7 Å². The van der Waals surface area contributed by atoms with Gasteiger partial charge in [-0.2, -0.15) is 4.98 Å². The average Bonchev–Trinajstić information content (AvgIpc) is 2.29. The van der Waals surface area contributed by atoms with E-state index in [1.807, 2.05) is 0 Å². The van der Waals surface area contributed by atoms with Gasteiger partial charge in [0.25, 0.3) is 0 Å². The molecule has 0 fully saturated rings. The van der Waals surface area contributed by atoms with E-state index in [0.717, 1.165) is 4.52 Å². The quantitative estimate of drug-likeness (QED) is 0.517. The van der Waals surface area contributed by atoms with Crippen molar-refractivity contribution < 1.29 is 116 Å². The van der Waals surface area contributed by atoms with Crippen molar-refractivity contribution in [3.05, 3.63) is 22.0 Å².